The van der Waals surface area contributed by atoms with Gasteiger partial charge in [-0.2, -0.15) is 0 Å². The summed E-state index contributed by atoms with van der Waals surface area (Å²) >= 11 is 12.4. The smallest absolute Gasteiger partial charge is 0.410 e. The number of hydrogen-bond acceptors (Lipinski definition) is 5. The van der Waals surface area contributed by atoms with E-state index in [9.17, 15) is 14.4 Å². The molecule has 41 heavy (non-hydrogen) atoms. The fourth-order valence-electron chi connectivity index (χ4n) is 4.79. The van der Waals surface area contributed by atoms with Crippen LogP contribution in [0.4, 0.5) is 4.79 Å². The molecule has 1 aliphatic heterocycles. The zero-order valence-corrected chi connectivity index (χ0v) is 24.6. The molecular formula is C31H34Cl2N4O4. The first-order chi connectivity index (χ1) is 19.7. The van der Waals surface area contributed by atoms with Crippen molar-refractivity contribution in [2.45, 2.75) is 38.8 Å². The minimum Gasteiger partial charge on any atom is -0.410 e. The highest BCUT2D eigenvalue weighted by Crippen LogP contribution is 2.26. The van der Waals surface area contributed by atoms with Crippen LogP contribution in [0.25, 0.3) is 0 Å². The van der Waals surface area contributed by atoms with Crippen LogP contribution in [-0.4, -0.2) is 55.0 Å². The number of piperidine rings is 1. The fourth-order valence-corrected chi connectivity index (χ4v) is 5.09. The molecule has 3 aromatic rings. The summed E-state index contributed by atoms with van der Waals surface area (Å²) in [7, 11) is 0. The van der Waals surface area contributed by atoms with Gasteiger partial charge in [-0.1, -0.05) is 64.7 Å². The lowest BCUT2D eigenvalue weighted by Gasteiger charge is -2.31. The number of amides is 3. The van der Waals surface area contributed by atoms with E-state index in [0.29, 0.717) is 47.3 Å². The van der Waals surface area contributed by atoms with Crippen molar-refractivity contribution in [1.29, 1.82) is 0 Å². The van der Waals surface area contributed by atoms with Crippen LogP contribution in [0.1, 0.15) is 45.9 Å². The second-order valence-corrected chi connectivity index (χ2v) is 11.0. The predicted octanol–water partition coefficient (Wildman–Crippen LogP) is 5.45. The van der Waals surface area contributed by atoms with Gasteiger partial charge in [-0.15, -0.1) is 0 Å². The highest BCUT2D eigenvalue weighted by Gasteiger charge is 2.25. The summed E-state index contributed by atoms with van der Waals surface area (Å²) in [6.07, 6.45) is 1.01. The summed E-state index contributed by atoms with van der Waals surface area (Å²) in [5.74, 6) is 0.0514. The van der Waals surface area contributed by atoms with Gasteiger partial charge >= 0.3 is 6.09 Å². The normalized spacial score (nSPS) is 14.3. The lowest BCUT2D eigenvalue weighted by Crippen LogP contribution is -2.48. The van der Waals surface area contributed by atoms with Gasteiger partial charge in [0.1, 0.15) is 5.75 Å². The van der Waals surface area contributed by atoms with E-state index in [1.54, 1.807) is 35.2 Å². The van der Waals surface area contributed by atoms with Gasteiger partial charge in [-0.05, 0) is 68.7 Å². The molecule has 3 N–H and O–H groups in total. The molecule has 0 saturated carbocycles. The molecule has 1 fully saturated rings. The molecule has 4 rings (SSSR count). The fraction of sp³-hybridized carbons (Fsp3) is 0.323. The number of nitrogens with one attached hydrogen (secondary N) is 3. The molecule has 0 aliphatic carbocycles. The Hall–Kier alpha value is -3.59. The van der Waals surface area contributed by atoms with Crippen LogP contribution in [0.15, 0.2) is 66.7 Å². The van der Waals surface area contributed by atoms with Crippen LogP contribution < -0.4 is 20.7 Å². The number of benzene rings is 3. The molecule has 0 bridgehead atoms. The monoisotopic (exact) mass is 596 g/mol. The van der Waals surface area contributed by atoms with Gasteiger partial charge in [0.25, 0.3) is 5.91 Å². The Morgan fingerprint density at radius 2 is 1.61 bits per heavy atom. The van der Waals surface area contributed by atoms with E-state index < -0.39 is 6.04 Å². The number of carbonyl (C=O) groups excluding carboxylic acids is 3. The third-order valence-corrected chi connectivity index (χ3v) is 7.62. The molecule has 3 aromatic carbocycles. The summed E-state index contributed by atoms with van der Waals surface area (Å²) in [6.45, 7) is 5.19. The molecule has 1 unspecified atom stereocenters. The van der Waals surface area contributed by atoms with Crippen molar-refractivity contribution in [2.24, 2.45) is 0 Å². The molecule has 1 saturated heterocycles. The van der Waals surface area contributed by atoms with E-state index in [1.807, 2.05) is 50.2 Å². The van der Waals surface area contributed by atoms with Crippen molar-refractivity contribution in [1.82, 2.24) is 20.9 Å². The Kier molecular flexibility index (Phi) is 10.6. The van der Waals surface area contributed by atoms with E-state index >= 15 is 0 Å². The zero-order valence-electron chi connectivity index (χ0n) is 23.1. The van der Waals surface area contributed by atoms with Gasteiger partial charge < -0.3 is 25.6 Å². The van der Waals surface area contributed by atoms with E-state index in [1.165, 1.54) is 0 Å². The predicted molar refractivity (Wildman–Crippen MR) is 161 cm³/mol. The van der Waals surface area contributed by atoms with Crippen molar-refractivity contribution in [3.63, 3.8) is 0 Å². The molecule has 3 amide bonds. The van der Waals surface area contributed by atoms with Gasteiger partial charge in [0.05, 0.1) is 22.6 Å². The van der Waals surface area contributed by atoms with Crippen molar-refractivity contribution < 1.29 is 19.1 Å². The molecule has 8 nitrogen and oxygen atoms in total. The molecule has 1 atom stereocenters. The van der Waals surface area contributed by atoms with Crippen LogP contribution in [0.3, 0.4) is 0 Å². The Labute approximate surface area is 250 Å². The highest BCUT2D eigenvalue weighted by atomic mass is 35.5. The summed E-state index contributed by atoms with van der Waals surface area (Å²) in [5.41, 5.74) is 3.27. The molecule has 0 spiro atoms. The third kappa shape index (κ3) is 8.95. The van der Waals surface area contributed by atoms with E-state index in [2.05, 4.69) is 16.0 Å². The second-order valence-electron chi connectivity index (χ2n) is 10.2. The summed E-state index contributed by atoms with van der Waals surface area (Å²) in [5, 5.41) is 9.98. The average Bonchev–Trinajstić information content (AvgIpc) is 2.95. The lowest BCUT2D eigenvalue weighted by atomic mass is 10.0. The Bertz CT molecular complexity index is 1360. The third-order valence-electron chi connectivity index (χ3n) is 6.88. The van der Waals surface area contributed by atoms with E-state index in [0.717, 1.165) is 16.7 Å². The molecule has 216 valence electrons. The number of rotatable bonds is 9. The SMILES string of the molecule is Cc1cc(C)cc(C(=O)NCC(NC(=O)CNC2CCN(C(=O)Oc3ccccc3)CC2)c2ccc(Cl)c(Cl)c2)c1. The summed E-state index contributed by atoms with van der Waals surface area (Å²) in [6, 6.07) is 19.3. The van der Waals surface area contributed by atoms with Gasteiger partial charge in [0, 0.05) is 31.2 Å². The maximum atomic E-state index is 13.0. The number of hydrogen-bond donors (Lipinski definition) is 3. The maximum absolute atomic E-state index is 13.0. The number of para-hydroxylation sites is 1. The minimum atomic E-state index is -0.525. The molecule has 0 aromatic heterocycles. The van der Waals surface area contributed by atoms with E-state index in [-0.39, 0.29) is 37.0 Å². The van der Waals surface area contributed by atoms with Crippen LogP contribution in [0.5, 0.6) is 5.75 Å². The summed E-state index contributed by atoms with van der Waals surface area (Å²) < 4.78 is 5.42. The van der Waals surface area contributed by atoms with Crippen LogP contribution in [0, 0.1) is 13.8 Å². The van der Waals surface area contributed by atoms with Crippen molar-refractivity contribution in [3.05, 3.63) is 99.0 Å². The topological polar surface area (TPSA) is 99.8 Å². The van der Waals surface area contributed by atoms with Crippen molar-refractivity contribution in [2.75, 3.05) is 26.2 Å². The number of aryl methyl sites for hydroxylation is 2. The first kappa shape index (κ1) is 30.4. The number of ether oxygens (including phenoxy) is 1. The second kappa shape index (κ2) is 14.3. The Morgan fingerprint density at radius 3 is 2.27 bits per heavy atom. The highest BCUT2D eigenvalue weighted by molar-refractivity contribution is 6.42. The lowest BCUT2D eigenvalue weighted by molar-refractivity contribution is -0.121. The van der Waals surface area contributed by atoms with Crippen molar-refractivity contribution in [3.8, 4) is 5.75 Å². The van der Waals surface area contributed by atoms with Crippen LogP contribution in [0.2, 0.25) is 10.0 Å². The largest absolute Gasteiger partial charge is 0.415 e. The number of carbonyl (C=O) groups is 3. The van der Waals surface area contributed by atoms with Crippen LogP contribution in [-0.2, 0) is 4.79 Å². The molecule has 1 aliphatic rings. The summed E-state index contributed by atoms with van der Waals surface area (Å²) in [4.78, 5) is 40.0. The molecule has 10 heteroatoms. The minimum absolute atomic E-state index is 0.0780. The molecular weight excluding hydrogens is 563 g/mol. The van der Waals surface area contributed by atoms with E-state index in [4.69, 9.17) is 27.9 Å². The van der Waals surface area contributed by atoms with Gasteiger partial charge in [0.2, 0.25) is 5.91 Å². The number of likely N-dealkylation sites (tertiary alicyclic amines) is 1. The first-order valence-electron chi connectivity index (χ1n) is 13.5. The standard InChI is InChI=1S/C31H34Cl2N4O4/c1-20-14-21(2)16-23(15-20)30(39)35-18-28(22-8-9-26(32)27(33)17-22)36-29(38)19-34-24-10-12-37(13-11-24)31(40)41-25-6-4-3-5-7-25/h3-9,14-17,24,28,34H,10-13,18-19H2,1-2H3,(H,35,39)(H,36,38). The van der Waals surface area contributed by atoms with Gasteiger partial charge in [-0.25, -0.2) is 4.79 Å². The average molecular weight is 598 g/mol. The number of halogens is 2. The quantitative estimate of drug-likeness (QED) is 0.305. The Balaban J connectivity index is 1.30. The Morgan fingerprint density at radius 1 is 0.927 bits per heavy atom. The van der Waals surface area contributed by atoms with Crippen LogP contribution >= 0.6 is 23.2 Å². The molecule has 1 heterocycles. The van der Waals surface area contributed by atoms with Gasteiger partial charge in [0.15, 0.2) is 0 Å². The van der Waals surface area contributed by atoms with Crippen molar-refractivity contribution >= 4 is 41.1 Å². The zero-order chi connectivity index (χ0) is 29.4. The molecule has 0 radical (unpaired) electrons. The maximum Gasteiger partial charge on any atom is 0.415 e. The first-order valence-corrected chi connectivity index (χ1v) is 14.3. The number of nitrogens with zero attached hydrogens (tertiary/aromatic N) is 1. The van der Waals surface area contributed by atoms with Gasteiger partial charge in [-0.3, -0.25) is 9.59 Å².